The average molecular weight is 388 g/mol. The number of rotatable bonds is 5. The molecule has 0 aliphatic heterocycles. The maximum Gasteiger partial charge on any atom is 0.274 e. The van der Waals surface area contributed by atoms with Gasteiger partial charge in [-0.15, -0.1) is 0 Å². The molecule has 0 aliphatic carbocycles. The van der Waals surface area contributed by atoms with Gasteiger partial charge in [0.2, 0.25) is 0 Å². The molecule has 0 radical (unpaired) electrons. The molecule has 3 rings (SSSR count). The van der Waals surface area contributed by atoms with Gasteiger partial charge in [-0.25, -0.2) is 9.97 Å². The van der Waals surface area contributed by atoms with Crippen molar-refractivity contribution in [3.8, 4) is 0 Å². The van der Waals surface area contributed by atoms with Crippen LogP contribution in [0.1, 0.15) is 21.9 Å². The molecule has 8 heteroatoms. The molecule has 0 atom stereocenters. The lowest BCUT2D eigenvalue weighted by Crippen LogP contribution is -2.16. The highest BCUT2D eigenvalue weighted by atomic mass is 35.5. The van der Waals surface area contributed by atoms with Gasteiger partial charge in [-0.3, -0.25) is 9.78 Å². The van der Waals surface area contributed by atoms with Crippen molar-refractivity contribution in [3.63, 3.8) is 0 Å². The van der Waals surface area contributed by atoms with E-state index in [1.807, 2.05) is 12.1 Å². The van der Waals surface area contributed by atoms with E-state index in [4.69, 9.17) is 23.2 Å². The van der Waals surface area contributed by atoms with Gasteiger partial charge in [-0.1, -0.05) is 29.3 Å². The highest BCUT2D eigenvalue weighted by Gasteiger charge is 2.12. The number of anilines is 2. The summed E-state index contributed by atoms with van der Waals surface area (Å²) in [5, 5.41) is 6.77. The van der Waals surface area contributed by atoms with Gasteiger partial charge in [0.15, 0.2) is 0 Å². The highest BCUT2D eigenvalue weighted by molar-refractivity contribution is 6.35. The molecule has 3 aromatic rings. The summed E-state index contributed by atoms with van der Waals surface area (Å²) in [6.45, 7) is 2.26. The molecule has 6 nitrogen and oxygen atoms in total. The van der Waals surface area contributed by atoms with E-state index in [9.17, 15) is 4.79 Å². The summed E-state index contributed by atoms with van der Waals surface area (Å²) >= 11 is 11.9. The first-order valence-corrected chi connectivity index (χ1v) is 8.51. The first-order chi connectivity index (χ1) is 12.5. The number of carbonyl (C=O) groups excluding carboxylic acids is 1. The van der Waals surface area contributed by atoms with Crippen LogP contribution in [0.4, 0.5) is 11.5 Å². The Kier molecular flexibility index (Phi) is 5.65. The minimum Gasteiger partial charge on any atom is -0.366 e. The van der Waals surface area contributed by atoms with Crippen molar-refractivity contribution >= 4 is 40.6 Å². The van der Waals surface area contributed by atoms with Crippen LogP contribution in [0.2, 0.25) is 10.0 Å². The summed E-state index contributed by atoms with van der Waals surface area (Å²) in [5.74, 6) is 0.657. The summed E-state index contributed by atoms with van der Waals surface area (Å²) in [4.78, 5) is 25.0. The largest absolute Gasteiger partial charge is 0.366 e. The van der Waals surface area contributed by atoms with Crippen LogP contribution < -0.4 is 10.6 Å². The quantitative estimate of drug-likeness (QED) is 0.679. The Labute approximate surface area is 160 Å². The first-order valence-electron chi connectivity index (χ1n) is 7.75. The molecule has 0 unspecified atom stereocenters. The summed E-state index contributed by atoms with van der Waals surface area (Å²) in [6, 6.07) is 10.2. The van der Waals surface area contributed by atoms with Crippen LogP contribution in [0.15, 0.2) is 48.8 Å². The Morgan fingerprint density at radius 2 is 1.88 bits per heavy atom. The van der Waals surface area contributed by atoms with E-state index in [0.29, 0.717) is 33.9 Å². The molecule has 0 fully saturated rings. The zero-order chi connectivity index (χ0) is 18.5. The molecule has 26 heavy (non-hydrogen) atoms. The predicted molar refractivity (Wildman–Crippen MR) is 103 cm³/mol. The number of aromatic nitrogens is 3. The van der Waals surface area contributed by atoms with Crippen LogP contribution in [-0.2, 0) is 6.54 Å². The van der Waals surface area contributed by atoms with Crippen LogP contribution in [0.25, 0.3) is 0 Å². The van der Waals surface area contributed by atoms with E-state index in [1.165, 1.54) is 0 Å². The van der Waals surface area contributed by atoms with E-state index < -0.39 is 0 Å². The highest BCUT2D eigenvalue weighted by Crippen LogP contribution is 2.23. The number of nitrogens with one attached hydrogen (secondary N) is 2. The number of aryl methyl sites for hydroxylation is 1. The number of carbonyl (C=O) groups is 1. The molecule has 132 valence electrons. The third kappa shape index (κ3) is 4.91. The summed E-state index contributed by atoms with van der Waals surface area (Å²) < 4.78 is 0. The SMILES string of the molecule is Cc1nc(NCc2cccnc2)cc(C(=O)Nc2cc(Cl)cc(Cl)c2)n1. The molecule has 0 bridgehead atoms. The zero-order valence-electron chi connectivity index (χ0n) is 13.8. The maximum absolute atomic E-state index is 12.5. The normalized spacial score (nSPS) is 10.4. The monoisotopic (exact) mass is 387 g/mol. The third-order valence-corrected chi connectivity index (χ3v) is 3.82. The van der Waals surface area contributed by atoms with Crippen molar-refractivity contribution < 1.29 is 4.79 Å². The molecule has 0 saturated carbocycles. The number of benzene rings is 1. The van der Waals surface area contributed by atoms with Crippen molar-refractivity contribution in [3.05, 3.63) is 75.9 Å². The van der Waals surface area contributed by atoms with Crippen LogP contribution in [0.5, 0.6) is 0 Å². The van der Waals surface area contributed by atoms with Gasteiger partial charge in [0, 0.05) is 40.7 Å². The molecule has 1 aromatic carbocycles. The molecule has 1 amide bonds. The van der Waals surface area contributed by atoms with E-state index in [1.54, 1.807) is 43.6 Å². The lowest BCUT2D eigenvalue weighted by Gasteiger charge is -2.10. The van der Waals surface area contributed by atoms with Crippen molar-refractivity contribution in [1.29, 1.82) is 0 Å². The van der Waals surface area contributed by atoms with Gasteiger partial charge in [-0.05, 0) is 36.8 Å². The predicted octanol–water partition coefficient (Wildman–Crippen LogP) is 4.35. The summed E-state index contributed by atoms with van der Waals surface area (Å²) in [6.07, 6.45) is 3.47. The fourth-order valence-electron chi connectivity index (χ4n) is 2.29. The van der Waals surface area contributed by atoms with Crippen molar-refractivity contribution in [2.75, 3.05) is 10.6 Å². The second kappa shape index (κ2) is 8.12. The number of pyridine rings is 1. The molecule has 0 aliphatic rings. The summed E-state index contributed by atoms with van der Waals surface area (Å²) in [5.41, 5.74) is 1.74. The molecular weight excluding hydrogens is 373 g/mol. The van der Waals surface area contributed by atoms with E-state index in [-0.39, 0.29) is 11.6 Å². The molecule has 0 spiro atoms. The van der Waals surface area contributed by atoms with Crippen LogP contribution in [0.3, 0.4) is 0 Å². The Morgan fingerprint density at radius 1 is 1.12 bits per heavy atom. The minimum atomic E-state index is -0.377. The van der Waals surface area contributed by atoms with Gasteiger partial charge < -0.3 is 10.6 Å². The van der Waals surface area contributed by atoms with E-state index in [2.05, 4.69) is 25.6 Å². The standard InChI is InChI=1S/C18H15Cl2N5O/c1-11-23-16(18(26)25-15-6-13(19)5-14(20)7-15)8-17(24-11)22-10-12-3-2-4-21-9-12/h2-9H,10H2,1H3,(H,25,26)(H,22,23,24). The zero-order valence-corrected chi connectivity index (χ0v) is 15.3. The number of amides is 1. The van der Waals surface area contributed by atoms with Crippen LogP contribution >= 0.6 is 23.2 Å². The van der Waals surface area contributed by atoms with E-state index >= 15 is 0 Å². The average Bonchev–Trinajstić information content (AvgIpc) is 2.59. The first kappa shape index (κ1) is 18.1. The van der Waals surface area contributed by atoms with E-state index in [0.717, 1.165) is 5.56 Å². The number of hydrogen-bond acceptors (Lipinski definition) is 5. The Bertz CT molecular complexity index is 914. The fraction of sp³-hybridized carbons (Fsp3) is 0.111. The molecular formula is C18H15Cl2N5O. The number of nitrogens with zero attached hydrogens (tertiary/aromatic N) is 3. The summed E-state index contributed by atoms with van der Waals surface area (Å²) in [7, 11) is 0. The third-order valence-electron chi connectivity index (χ3n) is 3.39. The molecule has 2 aromatic heterocycles. The second-order valence-corrected chi connectivity index (χ2v) is 6.39. The van der Waals surface area contributed by atoms with Crippen LogP contribution in [0, 0.1) is 6.92 Å². The van der Waals surface area contributed by atoms with Crippen molar-refractivity contribution in [2.45, 2.75) is 13.5 Å². The number of hydrogen-bond donors (Lipinski definition) is 2. The van der Waals surface area contributed by atoms with Gasteiger partial charge in [-0.2, -0.15) is 0 Å². The van der Waals surface area contributed by atoms with Gasteiger partial charge in [0.05, 0.1) is 0 Å². The van der Waals surface area contributed by atoms with Gasteiger partial charge >= 0.3 is 0 Å². The van der Waals surface area contributed by atoms with Crippen molar-refractivity contribution in [1.82, 2.24) is 15.0 Å². The molecule has 0 saturated heterocycles. The van der Waals surface area contributed by atoms with Crippen LogP contribution in [-0.4, -0.2) is 20.9 Å². The number of halogens is 2. The Morgan fingerprint density at radius 3 is 2.58 bits per heavy atom. The van der Waals surface area contributed by atoms with Gasteiger partial charge in [0.1, 0.15) is 17.3 Å². The fourth-order valence-corrected chi connectivity index (χ4v) is 2.82. The molecule has 2 N–H and O–H groups in total. The maximum atomic E-state index is 12.5. The van der Waals surface area contributed by atoms with Gasteiger partial charge in [0.25, 0.3) is 5.91 Å². The Balaban J connectivity index is 1.74. The second-order valence-electron chi connectivity index (χ2n) is 5.51. The topological polar surface area (TPSA) is 79.8 Å². The Hall–Kier alpha value is -2.70. The minimum absolute atomic E-state index is 0.238. The lowest BCUT2D eigenvalue weighted by atomic mass is 10.2. The lowest BCUT2D eigenvalue weighted by molar-refractivity contribution is 0.102. The van der Waals surface area contributed by atoms with Crippen molar-refractivity contribution in [2.24, 2.45) is 0 Å². The molecule has 2 heterocycles. The smallest absolute Gasteiger partial charge is 0.274 e.